The van der Waals surface area contributed by atoms with E-state index in [2.05, 4.69) is 4.90 Å². The molecule has 0 aromatic heterocycles. The Morgan fingerprint density at radius 2 is 2.00 bits per heavy atom. The van der Waals surface area contributed by atoms with E-state index in [4.69, 9.17) is 10.5 Å². The largest absolute Gasteiger partial charge is 0.381 e. The maximum Gasteiger partial charge on any atom is 0.221 e. The predicted molar refractivity (Wildman–Crippen MR) is 52.7 cm³/mol. The van der Waals surface area contributed by atoms with Gasteiger partial charge in [0, 0.05) is 25.8 Å². The molecule has 4 nitrogen and oxygen atoms in total. The molecule has 2 aliphatic heterocycles. The maximum atomic E-state index is 11.0. The summed E-state index contributed by atoms with van der Waals surface area (Å²) in [6.07, 6.45) is 3.14. The molecule has 0 saturated carbocycles. The van der Waals surface area contributed by atoms with Gasteiger partial charge in [0.2, 0.25) is 5.91 Å². The molecular weight excluding hydrogens is 180 g/mol. The summed E-state index contributed by atoms with van der Waals surface area (Å²) in [6, 6.07) is 0.619. The smallest absolute Gasteiger partial charge is 0.221 e. The van der Waals surface area contributed by atoms with Crippen LogP contribution in [0.25, 0.3) is 0 Å². The molecule has 2 rings (SSSR count). The molecular formula is C10H18N2O2. The summed E-state index contributed by atoms with van der Waals surface area (Å²) in [6.45, 7) is 3.61. The van der Waals surface area contributed by atoms with Crippen molar-refractivity contribution >= 4 is 5.91 Å². The molecule has 4 heteroatoms. The van der Waals surface area contributed by atoms with E-state index in [-0.39, 0.29) is 11.8 Å². The van der Waals surface area contributed by atoms with Crippen molar-refractivity contribution in [3.05, 3.63) is 0 Å². The van der Waals surface area contributed by atoms with E-state index in [0.717, 1.165) is 45.6 Å². The molecule has 2 saturated heterocycles. The SMILES string of the molecule is NC(=O)C1CCN(C2CCOCC2)C1. The molecule has 80 valence electrons. The Labute approximate surface area is 84.4 Å². The second kappa shape index (κ2) is 4.28. The Morgan fingerprint density at radius 3 is 2.57 bits per heavy atom. The first-order valence-corrected chi connectivity index (χ1v) is 5.38. The summed E-state index contributed by atoms with van der Waals surface area (Å²) in [7, 11) is 0. The zero-order valence-electron chi connectivity index (χ0n) is 8.45. The lowest BCUT2D eigenvalue weighted by molar-refractivity contribution is -0.121. The lowest BCUT2D eigenvalue weighted by atomic mass is 10.1. The second-order valence-corrected chi connectivity index (χ2v) is 4.23. The van der Waals surface area contributed by atoms with Crippen LogP contribution in [0.5, 0.6) is 0 Å². The zero-order chi connectivity index (χ0) is 9.97. The van der Waals surface area contributed by atoms with Gasteiger partial charge < -0.3 is 10.5 Å². The lowest BCUT2D eigenvalue weighted by Gasteiger charge is -2.30. The Morgan fingerprint density at radius 1 is 1.29 bits per heavy atom. The van der Waals surface area contributed by atoms with Crippen molar-refractivity contribution in [2.24, 2.45) is 11.7 Å². The summed E-state index contributed by atoms with van der Waals surface area (Å²) in [5.74, 6) is -0.0580. The van der Waals surface area contributed by atoms with E-state index in [0.29, 0.717) is 6.04 Å². The first-order valence-electron chi connectivity index (χ1n) is 5.38. The van der Waals surface area contributed by atoms with Gasteiger partial charge in [-0.1, -0.05) is 0 Å². The molecule has 2 aliphatic rings. The molecule has 1 unspecified atom stereocenters. The average molecular weight is 198 g/mol. The number of hydrogen-bond acceptors (Lipinski definition) is 3. The molecule has 2 fully saturated rings. The van der Waals surface area contributed by atoms with E-state index in [9.17, 15) is 4.79 Å². The zero-order valence-corrected chi connectivity index (χ0v) is 8.45. The number of carbonyl (C=O) groups is 1. The number of ether oxygens (including phenoxy) is 1. The van der Waals surface area contributed by atoms with Crippen LogP contribution in [0.2, 0.25) is 0 Å². The topological polar surface area (TPSA) is 55.6 Å². The van der Waals surface area contributed by atoms with Gasteiger partial charge in [-0.2, -0.15) is 0 Å². The minimum Gasteiger partial charge on any atom is -0.381 e. The maximum absolute atomic E-state index is 11.0. The van der Waals surface area contributed by atoms with E-state index < -0.39 is 0 Å². The van der Waals surface area contributed by atoms with Crippen molar-refractivity contribution in [3.8, 4) is 0 Å². The normalized spacial score (nSPS) is 30.7. The fraction of sp³-hybridized carbons (Fsp3) is 0.900. The minimum absolute atomic E-state index is 0.0813. The van der Waals surface area contributed by atoms with Gasteiger partial charge in [-0.05, 0) is 25.8 Å². The molecule has 0 spiro atoms. The van der Waals surface area contributed by atoms with Crippen molar-refractivity contribution in [3.63, 3.8) is 0 Å². The Bertz CT molecular complexity index is 214. The average Bonchev–Trinajstić information content (AvgIpc) is 2.68. The van der Waals surface area contributed by atoms with Gasteiger partial charge in [-0.25, -0.2) is 0 Å². The number of rotatable bonds is 2. The third-order valence-electron chi connectivity index (χ3n) is 3.33. The third-order valence-corrected chi connectivity index (χ3v) is 3.33. The lowest BCUT2D eigenvalue weighted by Crippen LogP contribution is -2.38. The van der Waals surface area contributed by atoms with Gasteiger partial charge >= 0.3 is 0 Å². The molecule has 0 bridgehead atoms. The third kappa shape index (κ3) is 2.07. The molecule has 0 aliphatic carbocycles. The summed E-state index contributed by atoms with van der Waals surface area (Å²) in [4.78, 5) is 13.4. The number of nitrogens with two attached hydrogens (primary N) is 1. The molecule has 2 heterocycles. The molecule has 14 heavy (non-hydrogen) atoms. The number of primary amides is 1. The van der Waals surface area contributed by atoms with Gasteiger partial charge in [0.25, 0.3) is 0 Å². The highest BCUT2D eigenvalue weighted by atomic mass is 16.5. The molecule has 0 radical (unpaired) electrons. The highest BCUT2D eigenvalue weighted by Crippen LogP contribution is 2.23. The van der Waals surface area contributed by atoms with Crippen LogP contribution in [0.4, 0.5) is 0 Å². The van der Waals surface area contributed by atoms with Crippen LogP contribution < -0.4 is 5.73 Å². The summed E-state index contributed by atoms with van der Waals surface area (Å²) >= 11 is 0. The molecule has 0 aromatic rings. The fourth-order valence-corrected chi connectivity index (χ4v) is 2.40. The molecule has 0 aromatic carbocycles. The monoisotopic (exact) mass is 198 g/mol. The molecule has 1 amide bonds. The van der Waals surface area contributed by atoms with Crippen LogP contribution >= 0.6 is 0 Å². The highest BCUT2D eigenvalue weighted by Gasteiger charge is 2.31. The number of amides is 1. The summed E-state index contributed by atoms with van der Waals surface area (Å²) in [5.41, 5.74) is 5.30. The summed E-state index contributed by atoms with van der Waals surface area (Å²) < 4.78 is 5.32. The highest BCUT2D eigenvalue weighted by molar-refractivity contribution is 5.77. The van der Waals surface area contributed by atoms with E-state index >= 15 is 0 Å². The number of nitrogens with zero attached hydrogens (tertiary/aromatic N) is 1. The van der Waals surface area contributed by atoms with Crippen molar-refractivity contribution < 1.29 is 9.53 Å². The van der Waals surface area contributed by atoms with E-state index in [1.54, 1.807) is 0 Å². The van der Waals surface area contributed by atoms with Crippen LogP contribution in [0.15, 0.2) is 0 Å². The van der Waals surface area contributed by atoms with Crippen molar-refractivity contribution in [1.29, 1.82) is 0 Å². The van der Waals surface area contributed by atoms with Crippen LogP contribution in [0, 0.1) is 5.92 Å². The molecule has 1 atom stereocenters. The predicted octanol–water partition coefficient (Wildman–Crippen LogP) is -0.0274. The first-order chi connectivity index (χ1) is 6.77. The van der Waals surface area contributed by atoms with Gasteiger partial charge in [0.15, 0.2) is 0 Å². The summed E-state index contributed by atoms with van der Waals surface area (Å²) in [5, 5.41) is 0. The van der Waals surface area contributed by atoms with Crippen LogP contribution in [0.3, 0.4) is 0 Å². The number of hydrogen-bond donors (Lipinski definition) is 1. The van der Waals surface area contributed by atoms with Gasteiger partial charge in [-0.15, -0.1) is 0 Å². The van der Waals surface area contributed by atoms with Gasteiger partial charge in [0.1, 0.15) is 0 Å². The van der Waals surface area contributed by atoms with Gasteiger partial charge in [-0.3, -0.25) is 9.69 Å². The van der Waals surface area contributed by atoms with E-state index in [1.165, 1.54) is 0 Å². The van der Waals surface area contributed by atoms with Crippen LogP contribution in [0.1, 0.15) is 19.3 Å². The Balaban J connectivity index is 1.85. The standard InChI is InChI=1S/C10H18N2O2/c11-10(13)8-1-4-12(7-8)9-2-5-14-6-3-9/h8-9H,1-7H2,(H2,11,13). The molecule has 2 N–H and O–H groups in total. The Kier molecular flexibility index (Phi) is 3.03. The van der Waals surface area contributed by atoms with Crippen LogP contribution in [-0.4, -0.2) is 43.2 Å². The Hall–Kier alpha value is -0.610. The quantitative estimate of drug-likeness (QED) is 0.678. The number of carbonyl (C=O) groups excluding carboxylic acids is 1. The van der Waals surface area contributed by atoms with Crippen molar-refractivity contribution in [2.75, 3.05) is 26.3 Å². The minimum atomic E-state index is -0.139. The fourth-order valence-electron chi connectivity index (χ4n) is 2.40. The first kappa shape index (κ1) is 9.93. The van der Waals surface area contributed by atoms with E-state index in [1.807, 2.05) is 0 Å². The van der Waals surface area contributed by atoms with Crippen LogP contribution in [-0.2, 0) is 9.53 Å². The second-order valence-electron chi connectivity index (χ2n) is 4.23. The van der Waals surface area contributed by atoms with Crippen molar-refractivity contribution in [1.82, 2.24) is 4.90 Å². The van der Waals surface area contributed by atoms with Gasteiger partial charge in [0.05, 0.1) is 5.92 Å². The van der Waals surface area contributed by atoms with Crippen molar-refractivity contribution in [2.45, 2.75) is 25.3 Å². The number of likely N-dealkylation sites (tertiary alicyclic amines) is 1.